The fourth-order valence-electron chi connectivity index (χ4n) is 3.44. The number of hydrogen-bond acceptors (Lipinski definition) is 19. The molecule has 0 atom stereocenters. The minimum atomic E-state index is -1.08. The van der Waals surface area contributed by atoms with E-state index in [2.05, 4.69) is 20.6 Å². The number of benzene rings is 3. The number of carbonyl (C=O) groups excluding carboxylic acids is 2. The molecule has 0 spiro atoms. The van der Waals surface area contributed by atoms with Crippen LogP contribution in [0.4, 0.5) is 0 Å². The largest absolute Gasteiger partial charge is 2.00 e. The Kier molecular flexibility index (Phi) is 41.3. The second-order valence-corrected chi connectivity index (χ2v) is 10.5. The number of rotatable bonds is 0. The third-order valence-corrected chi connectivity index (χ3v) is 5.63. The van der Waals surface area contributed by atoms with Crippen molar-refractivity contribution in [2.45, 2.75) is 13.8 Å². The van der Waals surface area contributed by atoms with Gasteiger partial charge in [-0.25, -0.2) is 0 Å². The van der Waals surface area contributed by atoms with Crippen LogP contribution in [0, 0.1) is 0 Å². The van der Waals surface area contributed by atoms with Gasteiger partial charge in [0.25, 0.3) is 0 Å². The minimum absolute atomic E-state index is 0. The molecule has 0 unspecified atom stereocenters. The summed E-state index contributed by atoms with van der Waals surface area (Å²) in [6.07, 6.45) is 7.99. The third kappa shape index (κ3) is 28.8. The van der Waals surface area contributed by atoms with Crippen molar-refractivity contribution in [2.24, 2.45) is 20.6 Å². The number of halogens is 2. The van der Waals surface area contributed by atoms with Gasteiger partial charge in [-0.2, -0.15) is 0 Å². The number of carbonyl (C=O) groups is 2. The number of carboxylic acid groups (broad SMARTS) is 2. The van der Waals surface area contributed by atoms with Crippen LogP contribution in [-0.2, 0) is 87.4 Å². The van der Waals surface area contributed by atoms with Crippen molar-refractivity contribution in [3.63, 3.8) is 0 Å². The maximum Gasteiger partial charge on any atom is 2.00 e. The zero-order chi connectivity index (χ0) is 42.8. The average Bonchev–Trinajstić information content (AvgIpc) is 3.17. The van der Waals surface area contributed by atoms with E-state index >= 15 is 0 Å². The molecule has 312 valence electrons. The maximum atomic E-state index is 12.6. The molecule has 1 N–H and O–H groups in total. The number of aliphatic hydroxyl groups is 1. The number of aliphatic carboxylic acids is 2. The number of para-hydroxylation sites is 2. The SMILES string of the molecule is CC(=O)[O-].CC(=O)[O-].CO.ClCCl.[O-]c1c2cccc1OC/C=C\COc1cccc(c1[O-])/C=N/OCCO/N=C/c1ccc(c([O-])c1[O-])/C=N/OCCO/N=C/2.[Zn+2].[Zn+2].[Zn+2]. The average molecular weight is 1030 g/mol. The standard InChI is InChI=1S/C30H30N4O10.2C2H4O2.CH2Cl2.CH4O.3Zn/c35-27-21-5-3-7-25(27)39-11-1-2-12-40-26-8-4-6-22(28(26)36)18-32-42-14-16-44-34-20-24-10-9-23(29(37)30(24)38)19-33-43-15-13-41-31-17-21;2*1-2(3)4;2-1-3;1-2;;;/h1-10,17-20,35-38H,11-16H2;2*1H3,(H,3,4);1H2;2H,1H3;;;/q;;;;;3*+2/p-6/b2-1-,31-17+,32-18+,33-19+,34-20+;;;;;;;. The van der Waals surface area contributed by atoms with Gasteiger partial charge >= 0.3 is 58.4 Å². The predicted octanol–water partition coefficient (Wildman–Crippen LogP) is -0.354. The van der Waals surface area contributed by atoms with Gasteiger partial charge in [0.15, 0.2) is 26.4 Å². The van der Waals surface area contributed by atoms with Crippen LogP contribution in [-0.4, -0.2) is 94.0 Å². The Morgan fingerprint density at radius 2 is 0.800 bits per heavy atom. The van der Waals surface area contributed by atoms with E-state index in [1.807, 2.05) is 0 Å². The maximum absolute atomic E-state index is 12.6. The van der Waals surface area contributed by atoms with Crippen LogP contribution in [0.5, 0.6) is 34.5 Å². The molecule has 5 rings (SSSR count). The van der Waals surface area contributed by atoms with Gasteiger partial charge in [-0.05, 0) is 60.4 Å². The van der Waals surface area contributed by atoms with E-state index in [9.17, 15) is 20.4 Å². The Balaban J connectivity index is -0.000000867. The van der Waals surface area contributed by atoms with Crippen molar-refractivity contribution in [3.8, 4) is 34.5 Å². The summed E-state index contributed by atoms with van der Waals surface area (Å²) < 4.78 is 11.1. The Morgan fingerprint density at radius 3 is 1.07 bits per heavy atom. The number of oxime groups is 4. The molecule has 3 aromatic carbocycles. The van der Waals surface area contributed by atoms with E-state index in [0.717, 1.165) is 33.4 Å². The molecule has 0 aromatic heterocycles. The molecule has 24 heteroatoms. The molecule has 19 nitrogen and oxygen atoms in total. The normalized spacial score (nSPS) is 14.8. The van der Waals surface area contributed by atoms with Gasteiger partial charge in [-0.3, -0.25) is 0 Å². The van der Waals surface area contributed by atoms with Gasteiger partial charge in [0.1, 0.15) is 24.7 Å². The van der Waals surface area contributed by atoms with E-state index in [0.29, 0.717) is 0 Å². The Morgan fingerprint density at radius 1 is 0.550 bits per heavy atom. The number of nitrogens with zero attached hydrogens (tertiary/aromatic N) is 4. The van der Waals surface area contributed by atoms with E-state index in [4.69, 9.17) is 76.9 Å². The van der Waals surface area contributed by atoms with Crippen molar-refractivity contribution < 1.29 is 133 Å². The quantitative estimate of drug-likeness (QED) is 0.171. The van der Waals surface area contributed by atoms with E-state index < -0.39 is 23.4 Å². The van der Waals surface area contributed by atoms with Gasteiger partial charge in [0.2, 0.25) is 0 Å². The predicted molar refractivity (Wildman–Crippen MR) is 198 cm³/mol. The molecule has 6 bridgehead atoms. The first-order valence-corrected chi connectivity index (χ1v) is 17.0. The van der Waals surface area contributed by atoms with Gasteiger partial charge in [-0.15, -0.1) is 34.7 Å². The summed E-state index contributed by atoms with van der Waals surface area (Å²) in [7, 11) is 1.00. The second-order valence-electron chi connectivity index (χ2n) is 9.70. The summed E-state index contributed by atoms with van der Waals surface area (Å²) in [5.74, 6) is -4.30. The monoisotopic (exact) mass is 1030 g/mol. The number of alkyl halides is 2. The summed E-state index contributed by atoms with van der Waals surface area (Å²) in [6, 6.07) is 12.2. The van der Waals surface area contributed by atoms with Gasteiger partial charge < -0.3 is 74.2 Å². The Bertz CT molecular complexity index is 1660. The van der Waals surface area contributed by atoms with Crippen LogP contribution in [0.25, 0.3) is 0 Å². The van der Waals surface area contributed by atoms with Crippen LogP contribution in [0.2, 0.25) is 0 Å². The molecular formula is C36H38Cl2N4O15Zn3. The molecule has 0 saturated heterocycles. The Hall–Kier alpha value is -4.57. The van der Waals surface area contributed by atoms with E-state index in [1.165, 1.54) is 36.7 Å². The zero-order valence-corrected chi connectivity index (χ0v) is 43.3. The zero-order valence-electron chi connectivity index (χ0n) is 32.9. The number of fused-ring (bicyclic) bond motifs is 16. The summed E-state index contributed by atoms with van der Waals surface area (Å²) >= 11 is 9.53. The smallest absolute Gasteiger partial charge is 0.872 e. The van der Waals surface area contributed by atoms with Crippen molar-refractivity contribution >= 4 is 60.0 Å². The topological polar surface area (TPSA) is 298 Å². The molecule has 0 fully saturated rings. The molecule has 3 aromatic rings. The first kappa shape index (κ1) is 62.1. The summed E-state index contributed by atoms with van der Waals surface area (Å²) in [6.45, 7) is 2.07. The molecule has 0 amide bonds. The number of aliphatic hydroxyl groups excluding tert-OH is 1. The molecule has 2 aliphatic heterocycles. The molecule has 60 heavy (non-hydrogen) atoms. The molecule has 2 heterocycles. The van der Waals surface area contributed by atoms with Crippen LogP contribution in [0.1, 0.15) is 36.1 Å². The summed E-state index contributed by atoms with van der Waals surface area (Å²) in [5.41, 5.74) is 0.521. The fourth-order valence-corrected chi connectivity index (χ4v) is 3.44. The Labute approximate surface area is 394 Å². The summed E-state index contributed by atoms with van der Waals surface area (Å²) in [4.78, 5) is 38.0. The van der Waals surface area contributed by atoms with Gasteiger partial charge in [0.05, 0.1) is 30.2 Å². The van der Waals surface area contributed by atoms with Crippen LogP contribution >= 0.6 is 23.2 Å². The van der Waals surface area contributed by atoms with Gasteiger partial charge in [-0.1, -0.05) is 68.5 Å². The minimum Gasteiger partial charge on any atom is -0.872 e. The van der Waals surface area contributed by atoms with Crippen LogP contribution in [0.15, 0.2) is 81.3 Å². The summed E-state index contributed by atoms with van der Waals surface area (Å²) in [5, 5.41) is 89.6. The first-order chi connectivity index (χ1) is 27.4. The first-order valence-electron chi connectivity index (χ1n) is 16.0. The van der Waals surface area contributed by atoms with Gasteiger partial charge in [0, 0.05) is 19.0 Å². The fraction of sp³-hybridized carbons (Fsp3) is 0.278. The molecule has 2 aliphatic rings. The van der Waals surface area contributed by atoms with E-state index in [1.54, 1.807) is 36.4 Å². The number of ether oxygens (including phenoxy) is 2. The molecular weight excluding hydrogens is 995 g/mol. The van der Waals surface area contributed by atoms with Crippen molar-refractivity contribution in [3.05, 3.63) is 82.9 Å². The number of carboxylic acids is 2. The number of hydrogen-bond donors (Lipinski definition) is 1. The third-order valence-electron chi connectivity index (χ3n) is 5.63. The van der Waals surface area contributed by atoms with Crippen LogP contribution in [0.3, 0.4) is 0 Å². The molecule has 0 radical (unpaired) electrons. The van der Waals surface area contributed by atoms with Crippen molar-refractivity contribution in [1.82, 2.24) is 0 Å². The van der Waals surface area contributed by atoms with E-state index in [-0.39, 0.29) is 149 Å². The van der Waals surface area contributed by atoms with Crippen molar-refractivity contribution in [2.75, 3.05) is 52.1 Å². The second kappa shape index (κ2) is 39.9. The molecule has 0 aliphatic carbocycles. The molecule has 0 saturated carbocycles. The van der Waals surface area contributed by atoms with Crippen LogP contribution < -0.4 is 40.1 Å². The van der Waals surface area contributed by atoms with Crippen molar-refractivity contribution in [1.29, 1.82) is 0 Å².